The first-order valence-corrected chi connectivity index (χ1v) is 31.9. The maximum atomic E-state index is 13.8. The van der Waals surface area contributed by atoms with Gasteiger partial charge in [0.25, 0.3) is 0 Å². The van der Waals surface area contributed by atoms with Gasteiger partial charge in [0.1, 0.15) is 0 Å². The zero-order chi connectivity index (χ0) is 36.0. The summed E-state index contributed by atoms with van der Waals surface area (Å²) in [5.41, 5.74) is -0.767. The Bertz CT molecular complexity index is 1880. The summed E-state index contributed by atoms with van der Waals surface area (Å²) in [5.74, 6) is 0.262. The molecule has 0 aromatic heterocycles. The minimum absolute atomic E-state index is 0.131. The van der Waals surface area contributed by atoms with E-state index < -0.39 is 47.6 Å². The molecule has 0 heterocycles. The van der Waals surface area contributed by atoms with E-state index in [1.54, 1.807) is 0 Å². The summed E-state index contributed by atoms with van der Waals surface area (Å²) in [6.07, 6.45) is -0.241. The first kappa shape index (κ1) is 37.2. The zero-order valence-corrected chi connectivity index (χ0v) is 32.0. The second-order valence-corrected chi connectivity index (χ2v) is 70.2. The molecular formula is C38H50F6O2Zr. The fourth-order valence-electron chi connectivity index (χ4n) is 8.96. The quantitative estimate of drug-likeness (QED) is 0.274. The molecule has 0 unspecified atom stereocenters. The molecule has 0 saturated carbocycles. The van der Waals surface area contributed by atoms with Crippen molar-refractivity contribution in [2.24, 2.45) is 10.8 Å². The first-order chi connectivity index (χ1) is 20.7. The van der Waals surface area contributed by atoms with Gasteiger partial charge in [-0.2, -0.15) is 0 Å². The van der Waals surface area contributed by atoms with Crippen molar-refractivity contribution >= 4 is 3.71 Å². The molecule has 0 bridgehead atoms. The van der Waals surface area contributed by atoms with E-state index in [0.717, 1.165) is 42.0 Å². The molecular weight excluding hydrogens is 694 g/mol. The van der Waals surface area contributed by atoms with Crippen LogP contribution in [0.4, 0.5) is 26.3 Å². The van der Waals surface area contributed by atoms with Crippen molar-refractivity contribution in [1.82, 2.24) is 0 Å². The van der Waals surface area contributed by atoms with Crippen molar-refractivity contribution in [3.05, 3.63) is 102 Å². The number of benzene rings is 2. The van der Waals surface area contributed by atoms with Gasteiger partial charge in [-0.1, -0.05) is 0 Å². The molecule has 4 rings (SSSR count). The van der Waals surface area contributed by atoms with Crippen LogP contribution < -0.4 is 5.63 Å². The second kappa shape index (κ2) is 8.03. The van der Waals surface area contributed by atoms with E-state index in [2.05, 4.69) is 41.5 Å². The molecule has 0 fully saturated rings. The molecule has 0 N–H and O–H groups in total. The third-order valence-electron chi connectivity index (χ3n) is 12.5. The Labute approximate surface area is 264 Å². The Morgan fingerprint density at radius 1 is 0.553 bits per heavy atom. The van der Waals surface area contributed by atoms with Crippen LogP contribution in [0.15, 0.2) is 90.5 Å². The second-order valence-electron chi connectivity index (χ2n) is 21.0. The molecule has 2 aromatic carbocycles. The summed E-state index contributed by atoms with van der Waals surface area (Å²) in [4.78, 5) is 0. The van der Waals surface area contributed by atoms with E-state index in [9.17, 15) is 26.3 Å². The van der Waals surface area contributed by atoms with Crippen LogP contribution in [0.1, 0.15) is 72.4 Å². The molecule has 47 heavy (non-hydrogen) atoms. The molecule has 260 valence electrons. The van der Waals surface area contributed by atoms with Crippen molar-refractivity contribution in [3.63, 3.8) is 0 Å². The normalized spacial score (nSPS) is 20.9. The van der Waals surface area contributed by atoms with Crippen LogP contribution in [-0.2, 0) is 25.6 Å². The van der Waals surface area contributed by atoms with E-state index in [1.807, 2.05) is 53.5 Å². The molecule has 0 spiro atoms. The summed E-state index contributed by atoms with van der Waals surface area (Å²) in [5, 5.41) is 0. The van der Waals surface area contributed by atoms with E-state index in [-0.39, 0.29) is 11.5 Å². The van der Waals surface area contributed by atoms with Crippen LogP contribution in [0, 0.1) is 10.8 Å². The van der Waals surface area contributed by atoms with Gasteiger partial charge in [0.2, 0.25) is 0 Å². The van der Waals surface area contributed by atoms with Gasteiger partial charge in [-0.05, 0) is 0 Å². The molecule has 0 radical (unpaired) electrons. The molecule has 2 aliphatic carbocycles. The average Bonchev–Trinajstić information content (AvgIpc) is 3.61. The monoisotopic (exact) mass is 742 g/mol. The summed E-state index contributed by atoms with van der Waals surface area (Å²) in [7, 11) is 0. The van der Waals surface area contributed by atoms with Gasteiger partial charge in [0.15, 0.2) is 0 Å². The summed E-state index contributed by atoms with van der Waals surface area (Å²) in [6.45, 7) is 14.3. The van der Waals surface area contributed by atoms with E-state index in [1.165, 1.54) is 24.3 Å². The van der Waals surface area contributed by atoms with E-state index >= 15 is 0 Å². The third-order valence-corrected chi connectivity index (χ3v) is 47.8. The predicted molar refractivity (Wildman–Crippen MR) is 180 cm³/mol. The molecule has 9 heteroatoms. The van der Waals surface area contributed by atoms with Crippen molar-refractivity contribution in [2.75, 3.05) is 0 Å². The van der Waals surface area contributed by atoms with Crippen LogP contribution in [0.25, 0.3) is 0 Å². The minimum atomic E-state index is -8.27. The number of rotatable bonds is 6. The number of allylic oxidation sites excluding steroid dienone is 8. The van der Waals surface area contributed by atoms with Crippen molar-refractivity contribution in [1.29, 1.82) is 0 Å². The summed E-state index contributed by atoms with van der Waals surface area (Å²) < 4.78 is 110. The number of hydrogen-bond acceptors (Lipinski definition) is 2. The van der Waals surface area contributed by atoms with E-state index in [4.69, 9.17) is 5.63 Å². The fourth-order valence-corrected chi connectivity index (χ4v) is 37.6. The van der Waals surface area contributed by atoms with Gasteiger partial charge in [0.05, 0.1) is 0 Å². The van der Waals surface area contributed by atoms with Gasteiger partial charge in [-0.15, -0.1) is 0 Å². The zero-order valence-electron chi connectivity index (χ0n) is 29.5. The van der Waals surface area contributed by atoms with Crippen LogP contribution in [0.3, 0.4) is 0 Å². The van der Waals surface area contributed by atoms with Gasteiger partial charge in [-0.25, -0.2) is 0 Å². The average molecular weight is 744 g/mol. The van der Waals surface area contributed by atoms with Crippen molar-refractivity contribution in [2.45, 2.75) is 92.2 Å². The molecule has 2 aromatic rings. The number of hydrogen-bond donors (Lipinski definition) is 0. The first-order valence-electron chi connectivity index (χ1n) is 16.2. The molecule has 0 amide bonds. The van der Waals surface area contributed by atoms with Gasteiger partial charge >= 0.3 is 265 Å². The standard InChI is InChI=1S/2C9H13.2C7H5F3O.C2H4.4CH3.Zr/c2*1-9(2,3)8-6-4-5-7-8;2*8-7(9,10)5-1-3-6(11)4-2-5;1-2;;;;;/h2*4,6H,5H2,1-3H3;2*1-4,11H;1H,2H3;4*1H3;/q;;;;;;;;;+2/p-2. The molecule has 2 nitrogen and oxygen atoms in total. The van der Waals surface area contributed by atoms with Crippen LogP contribution in [-0.4, -0.2) is 3.71 Å². The van der Waals surface area contributed by atoms with Gasteiger partial charge < -0.3 is 0 Å². The third kappa shape index (κ3) is 5.03. The van der Waals surface area contributed by atoms with Crippen LogP contribution in [0.5, 0.6) is 11.5 Å². The number of halogens is 6. The Kier molecular flexibility index (Phi) is 6.35. The molecule has 0 saturated heterocycles. The Morgan fingerprint density at radius 2 is 0.851 bits per heavy atom. The summed E-state index contributed by atoms with van der Waals surface area (Å²) >= 11 is -8.27. The Morgan fingerprint density at radius 3 is 1.09 bits per heavy atom. The Balaban J connectivity index is 2.42. The van der Waals surface area contributed by atoms with Gasteiger partial charge in [-0.3, -0.25) is 0 Å². The maximum absolute atomic E-state index is 13.8. The van der Waals surface area contributed by atoms with Crippen LogP contribution >= 0.6 is 0 Å². The fraction of sp³-hybridized carbons (Fsp3) is 0.447. The topological polar surface area (TPSA) is 18.5 Å². The van der Waals surface area contributed by atoms with Crippen molar-refractivity contribution in [3.8, 4) is 11.5 Å². The predicted octanol–water partition coefficient (Wildman–Crippen LogP) is 13.4. The molecule has 0 atom stereocenters. The molecule has 0 aliphatic heterocycles. The van der Waals surface area contributed by atoms with Crippen LogP contribution in [0.2, 0.25) is 18.5 Å². The number of alkyl halides is 6. The van der Waals surface area contributed by atoms with Gasteiger partial charge in [0, 0.05) is 0 Å². The Hall–Kier alpha value is -2.67. The van der Waals surface area contributed by atoms with Crippen molar-refractivity contribution < 1.29 is 45.2 Å². The molecule has 2 aliphatic rings. The van der Waals surface area contributed by atoms with E-state index in [0.29, 0.717) is 12.8 Å². The SMILES string of the molecule is C[CH]=[Zr]([CH3])([CH3])([CH3])([CH3])([O]c1ccc(C(F)(F)F)cc1)([O]c1ccc(C(F)(F)F)cc1)([C]1=C(C(C)(C)C)C=CC1)[C]1=C(C(C)(C)C)C=CC1. The summed E-state index contributed by atoms with van der Waals surface area (Å²) in [6, 6.07) is 9.17.